The van der Waals surface area contributed by atoms with E-state index in [1.807, 2.05) is 13.0 Å². The maximum absolute atomic E-state index is 10.7. The lowest BCUT2D eigenvalue weighted by molar-refractivity contribution is -0.112. The SMILES string of the molecule is CCC(=C/C(C)=O)/C=C(\C)C#N. The summed E-state index contributed by atoms with van der Waals surface area (Å²) in [5.41, 5.74) is 1.53. The molecule has 0 N–H and O–H groups in total. The molecule has 2 nitrogen and oxygen atoms in total. The largest absolute Gasteiger partial charge is 0.295 e. The molecule has 0 aliphatic carbocycles. The number of rotatable bonds is 3. The van der Waals surface area contributed by atoms with E-state index in [4.69, 9.17) is 5.26 Å². The second kappa shape index (κ2) is 5.31. The Kier molecular flexibility index (Phi) is 4.71. The Morgan fingerprint density at radius 1 is 1.42 bits per heavy atom. The van der Waals surface area contributed by atoms with Crippen LogP contribution in [-0.4, -0.2) is 5.78 Å². The molecule has 0 aromatic heterocycles. The van der Waals surface area contributed by atoms with Gasteiger partial charge in [0.05, 0.1) is 6.07 Å². The highest BCUT2D eigenvalue weighted by molar-refractivity contribution is 5.88. The monoisotopic (exact) mass is 163 g/mol. The third-order valence-corrected chi connectivity index (χ3v) is 1.38. The summed E-state index contributed by atoms with van der Waals surface area (Å²) >= 11 is 0. The van der Waals surface area contributed by atoms with Gasteiger partial charge in [-0.1, -0.05) is 6.92 Å². The lowest BCUT2D eigenvalue weighted by atomic mass is 10.1. The number of carbonyl (C=O) groups excluding carboxylic acids is 1. The van der Waals surface area contributed by atoms with E-state index in [-0.39, 0.29) is 5.78 Å². The molecule has 64 valence electrons. The second-order valence-corrected chi connectivity index (χ2v) is 2.62. The molecule has 0 radical (unpaired) electrons. The van der Waals surface area contributed by atoms with Gasteiger partial charge in [0, 0.05) is 5.57 Å². The zero-order valence-electron chi connectivity index (χ0n) is 7.72. The third kappa shape index (κ3) is 4.45. The van der Waals surface area contributed by atoms with E-state index in [1.165, 1.54) is 6.92 Å². The van der Waals surface area contributed by atoms with Crippen molar-refractivity contribution < 1.29 is 4.79 Å². The number of nitrogens with zero attached hydrogens (tertiary/aromatic N) is 1. The molecular formula is C10H13NO. The Hall–Kier alpha value is -1.36. The lowest BCUT2D eigenvalue weighted by Gasteiger charge is -1.94. The first-order valence-corrected chi connectivity index (χ1v) is 3.89. The van der Waals surface area contributed by atoms with E-state index in [0.29, 0.717) is 5.57 Å². The summed E-state index contributed by atoms with van der Waals surface area (Å²) in [6, 6.07) is 2.01. The molecule has 0 amide bonds. The second-order valence-electron chi connectivity index (χ2n) is 2.62. The quantitative estimate of drug-likeness (QED) is 0.364. The summed E-state index contributed by atoms with van der Waals surface area (Å²) in [6.07, 6.45) is 4.07. The summed E-state index contributed by atoms with van der Waals surface area (Å²) in [7, 11) is 0. The van der Waals surface area contributed by atoms with E-state index >= 15 is 0 Å². The molecule has 0 aromatic carbocycles. The first kappa shape index (κ1) is 10.6. The smallest absolute Gasteiger partial charge is 0.152 e. The van der Waals surface area contributed by atoms with Crippen LogP contribution in [0.5, 0.6) is 0 Å². The molecule has 0 atom stereocenters. The van der Waals surface area contributed by atoms with Crippen molar-refractivity contribution in [3.05, 3.63) is 23.3 Å². The van der Waals surface area contributed by atoms with Gasteiger partial charge in [0.25, 0.3) is 0 Å². The molecule has 0 saturated carbocycles. The van der Waals surface area contributed by atoms with Crippen LogP contribution in [0.25, 0.3) is 0 Å². The molecule has 0 rings (SSSR count). The Balaban J connectivity index is 4.61. The minimum absolute atomic E-state index is 0.0221. The fourth-order valence-electron chi connectivity index (χ4n) is 0.817. The third-order valence-electron chi connectivity index (χ3n) is 1.38. The summed E-state index contributed by atoms with van der Waals surface area (Å²) in [5.74, 6) is 0.0221. The van der Waals surface area contributed by atoms with E-state index < -0.39 is 0 Å². The predicted molar refractivity (Wildman–Crippen MR) is 48.4 cm³/mol. The highest BCUT2D eigenvalue weighted by atomic mass is 16.1. The first-order valence-electron chi connectivity index (χ1n) is 3.89. The molecule has 0 aliphatic heterocycles. The number of nitriles is 1. The van der Waals surface area contributed by atoms with Crippen LogP contribution in [0, 0.1) is 11.3 Å². The van der Waals surface area contributed by atoms with Gasteiger partial charge in [0.15, 0.2) is 5.78 Å². The Bertz CT molecular complexity index is 266. The van der Waals surface area contributed by atoms with Crippen molar-refractivity contribution in [2.45, 2.75) is 27.2 Å². The van der Waals surface area contributed by atoms with Crippen molar-refractivity contribution >= 4 is 5.78 Å². The average Bonchev–Trinajstić information content (AvgIpc) is 2.02. The van der Waals surface area contributed by atoms with Gasteiger partial charge in [-0.15, -0.1) is 0 Å². The molecule has 0 aromatic rings. The van der Waals surface area contributed by atoms with Gasteiger partial charge in [-0.25, -0.2) is 0 Å². The summed E-state index contributed by atoms with van der Waals surface area (Å²) < 4.78 is 0. The molecule has 0 unspecified atom stereocenters. The van der Waals surface area contributed by atoms with Crippen LogP contribution in [0.2, 0.25) is 0 Å². The van der Waals surface area contributed by atoms with Gasteiger partial charge in [-0.2, -0.15) is 5.26 Å². The molecule has 0 spiro atoms. The first-order chi connectivity index (χ1) is 5.60. The van der Waals surface area contributed by atoms with Gasteiger partial charge in [0.2, 0.25) is 0 Å². The standard InChI is InChI=1S/C10H13NO/c1-4-10(6-9(3)12)5-8(2)7-11/h5-6H,4H2,1-3H3/b8-5+,10-6-. The molecule has 0 bridgehead atoms. The number of allylic oxidation sites excluding steroid dienone is 4. The van der Waals surface area contributed by atoms with Crippen molar-refractivity contribution in [1.29, 1.82) is 5.26 Å². The minimum atomic E-state index is 0.0221. The van der Waals surface area contributed by atoms with Crippen LogP contribution < -0.4 is 0 Å². The van der Waals surface area contributed by atoms with Crippen LogP contribution in [0.3, 0.4) is 0 Å². The molecule has 0 fully saturated rings. The van der Waals surface area contributed by atoms with E-state index in [2.05, 4.69) is 0 Å². The van der Waals surface area contributed by atoms with Crippen LogP contribution in [0.4, 0.5) is 0 Å². The zero-order valence-corrected chi connectivity index (χ0v) is 7.72. The number of hydrogen-bond acceptors (Lipinski definition) is 2. The maximum atomic E-state index is 10.7. The van der Waals surface area contributed by atoms with Crippen molar-refractivity contribution in [2.75, 3.05) is 0 Å². The predicted octanol–water partition coefficient (Wildman–Crippen LogP) is 2.38. The topological polar surface area (TPSA) is 40.9 Å². The van der Waals surface area contributed by atoms with Crippen LogP contribution in [0.1, 0.15) is 27.2 Å². The molecular weight excluding hydrogens is 150 g/mol. The maximum Gasteiger partial charge on any atom is 0.152 e. The molecule has 0 saturated heterocycles. The fraction of sp³-hybridized carbons (Fsp3) is 0.400. The number of hydrogen-bond donors (Lipinski definition) is 0. The summed E-state index contributed by atoms with van der Waals surface area (Å²) in [6.45, 7) is 5.19. The molecule has 0 aliphatic rings. The number of carbonyl (C=O) groups is 1. The van der Waals surface area contributed by atoms with Crippen molar-refractivity contribution in [2.24, 2.45) is 0 Å². The van der Waals surface area contributed by atoms with Gasteiger partial charge in [0.1, 0.15) is 0 Å². The van der Waals surface area contributed by atoms with Crippen molar-refractivity contribution in [3.8, 4) is 6.07 Å². The van der Waals surface area contributed by atoms with Gasteiger partial charge < -0.3 is 0 Å². The minimum Gasteiger partial charge on any atom is -0.295 e. The Morgan fingerprint density at radius 2 is 2.00 bits per heavy atom. The highest BCUT2D eigenvalue weighted by Gasteiger charge is 1.93. The zero-order chi connectivity index (χ0) is 9.56. The van der Waals surface area contributed by atoms with Crippen LogP contribution in [-0.2, 0) is 4.79 Å². The summed E-state index contributed by atoms with van der Waals surface area (Å²) in [4.78, 5) is 10.7. The van der Waals surface area contributed by atoms with E-state index in [0.717, 1.165) is 12.0 Å². The average molecular weight is 163 g/mol. The Labute approximate surface area is 73.2 Å². The number of ketones is 1. The molecule has 0 heterocycles. The van der Waals surface area contributed by atoms with Crippen molar-refractivity contribution in [1.82, 2.24) is 0 Å². The van der Waals surface area contributed by atoms with Gasteiger partial charge >= 0.3 is 0 Å². The van der Waals surface area contributed by atoms with Crippen molar-refractivity contribution in [3.63, 3.8) is 0 Å². The normalized spacial score (nSPS) is 12.5. The van der Waals surface area contributed by atoms with Gasteiger partial charge in [-0.3, -0.25) is 4.79 Å². The fourth-order valence-corrected chi connectivity index (χ4v) is 0.817. The Morgan fingerprint density at radius 3 is 2.33 bits per heavy atom. The lowest BCUT2D eigenvalue weighted by Crippen LogP contribution is -1.86. The van der Waals surface area contributed by atoms with Crippen LogP contribution >= 0.6 is 0 Å². The van der Waals surface area contributed by atoms with E-state index in [1.54, 1.807) is 19.1 Å². The molecule has 2 heteroatoms. The van der Waals surface area contributed by atoms with Crippen LogP contribution in [0.15, 0.2) is 23.3 Å². The highest BCUT2D eigenvalue weighted by Crippen LogP contribution is 2.05. The van der Waals surface area contributed by atoms with Gasteiger partial charge in [-0.05, 0) is 38.0 Å². The molecule has 12 heavy (non-hydrogen) atoms. The van der Waals surface area contributed by atoms with E-state index in [9.17, 15) is 4.79 Å². The summed E-state index contributed by atoms with van der Waals surface area (Å²) in [5, 5.41) is 8.48.